The quantitative estimate of drug-likeness (QED) is 0.843. The fraction of sp³-hybridized carbons (Fsp3) is 0.429. The van der Waals surface area contributed by atoms with Gasteiger partial charge in [-0.25, -0.2) is 9.67 Å². The van der Waals surface area contributed by atoms with Gasteiger partial charge in [0.1, 0.15) is 6.54 Å². The van der Waals surface area contributed by atoms with Gasteiger partial charge >= 0.3 is 6.18 Å². The van der Waals surface area contributed by atoms with Crippen LogP contribution in [0.25, 0.3) is 11.4 Å². The maximum Gasteiger partial charge on any atom is 0.408 e. The number of fused-ring (bicyclic) bond motifs is 1. The molecule has 0 N–H and O–H groups in total. The zero-order valence-electron chi connectivity index (χ0n) is 12.3. The van der Waals surface area contributed by atoms with Gasteiger partial charge in [0.2, 0.25) is 6.79 Å². The SMILES string of the molecule is COCCc1nc(-c2ccc3c(c2)OCO3)n(CC(F)(F)F)n1. The van der Waals surface area contributed by atoms with Gasteiger partial charge in [0.15, 0.2) is 23.1 Å². The number of hydrogen-bond acceptors (Lipinski definition) is 5. The van der Waals surface area contributed by atoms with Crippen molar-refractivity contribution in [3.05, 3.63) is 24.0 Å². The smallest absolute Gasteiger partial charge is 0.408 e. The van der Waals surface area contributed by atoms with E-state index in [0.29, 0.717) is 35.9 Å². The molecule has 0 atom stereocenters. The average Bonchev–Trinajstić information content (AvgIpc) is 3.09. The van der Waals surface area contributed by atoms with E-state index in [2.05, 4.69) is 10.1 Å². The van der Waals surface area contributed by atoms with Crippen LogP contribution >= 0.6 is 0 Å². The molecule has 2 aromatic rings. The van der Waals surface area contributed by atoms with Crippen LogP contribution in [-0.4, -0.2) is 41.5 Å². The average molecular weight is 329 g/mol. The number of rotatable bonds is 5. The van der Waals surface area contributed by atoms with Gasteiger partial charge in [-0.2, -0.15) is 18.3 Å². The van der Waals surface area contributed by atoms with Crippen molar-refractivity contribution in [2.24, 2.45) is 0 Å². The van der Waals surface area contributed by atoms with E-state index >= 15 is 0 Å². The second-order valence-electron chi connectivity index (χ2n) is 4.94. The molecular formula is C14H14F3N3O3. The fourth-order valence-corrected chi connectivity index (χ4v) is 2.22. The molecule has 1 aliphatic rings. The van der Waals surface area contributed by atoms with Crippen LogP contribution in [0.3, 0.4) is 0 Å². The highest BCUT2D eigenvalue weighted by molar-refractivity contribution is 5.62. The number of aromatic nitrogens is 3. The number of nitrogens with zero attached hydrogens (tertiary/aromatic N) is 3. The van der Waals surface area contributed by atoms with E-state index in [1.54, 1.807) is 18.2 Å². The van der Waals surface area contributed by atoms with Crippen LogP contribution in [0.2, 0.25) is 0 Å². The molecule has 0 saturated carbocycles. The molecule has 1 aliphatic heterocycles. The van der Waals surface area contributed by atoms with Crippen LogP contribution in [-0.2, 0) is 17.7 Å². The molecule has 1 aromatic heterocycles. The lowest BCUT2D eigenvalue weighted by Gasteiger charge is -2.09. The van der Waals surface area contributed by atoms with Crippen molar-refractivity contribution in [2.75, 3.05) is 20.5 Å². The molecule has 0 fully saturated rings. The number of hydrogen-bond donors (Lipinski definition) is 0. The summed E-state index contributed by atoms with van der Waals surface area (Å²) in [6.07, 6.45) is -4.06. The lowest BCUT2D eigenvalue weighted by Crippen LogP contribution is -2.19. The fourth-order valence-electron chi connectivity index (χ4n) is 2.22. The van der Waals surface area contributed by atoms with Gasteiger partial charge in [-0.3, -0.25) is 0 Å². The number of halogens is 3. The van der Waals surface area contributed by atoms with E-state index in [4.69, 9.17) is 14.2 Å². The summed E-state index contributed by atoms with van der Waals surface area (Å²) >= 11 is 0. The predicted octanol–water partition coefficient (Wildman–Crippen LogP) is 2.43. The van der Waals surface area contributed by atoms with Crippen molar-refractivity contribution < 1.29 is 27.4 Å². The van der Waals surface area contributed by atoms with Crippen molar-refractivity contribution >= 4 is 0 Å². The zero-order valence-corrected chi connectivity index (χ0v) is 12.3. The lowest BCUT2D eigenvalue weighted by atomic mass is 10.2. The molecular weight excluding hydrogens is 315 g/mol. The molecule has 6 nitrogen and oxygen atoms in total. The third-order valence-electron chi connectivity index (χ3n) is 3.21. The Morgan fingerprint density at radius 1 is 1.26 bits per heavy atom. The Hall–Kier alpha value is -2.29. The summed E-state index contributed by atoms with van der Waals surface area (Å²) in [6.45, 7) is -0.791. The van der Waals surface area contributed by atoms with Gasteiger partial charge in [-0.05, 0) is 18.2 Å². The van der Waals surface area contributed by atoms with Gasteiger partial charge in [0.05, 0.1) is 6.61 Å². The summed E-state index contributed by atoms with van der Waals surface area (Å²) in [5.74, 6) is 1.45. The first-order chi connectivity index (χ1) is 11.0. The first kappa shape index (κ1) is 15.6. The van der Waals surface area contributed by atoms with E-state index in [9.17, 15) is 13.2 Å². The van der Waals surface area contributed by atoms with Crippen LogP contribution < -0.4 is 9.47 Å². The molecule has 0 bridgehead atoms. The standard InChI is InChI=1S/C14H14F3N3O3/c1-21-5-4-12-18-13(20(19-12)7-14(15,16)17)9-2-3-10-11(6-9)23-8-22-10/h2-3,6H,4-5,7-8H2,1H3. The molecule has 2 heterocycles. The Morgan fingerprint density at radius 3 is 2.78 bits per heavy atom. The molecule has 124 valence electrons. The van der Waals surface area contributed by atoms with E-state index in [1.807, 2.05) is 0 Å². The Kier molecular flexibility index (Phi) is 4.12. The summed E-state index contributed by atoms with van der Waals surface area (Å²) in [7, 11) is 1.51. The number of alkyl halides is 3. The molecule has 0 aliphatic carbocycles. The molecule has 0 spiro atoms. The minimum absolute atomic E-state index is 0.0904. The molecule has 0 saturated heterocycles. The highest BCUT2D eigenvalue weighted by Crippen LogP contribution is 2.35. The molecule has 0 amide bonds. The monoisotopic (exact) mass is 329 g/mol. The molecule has 9 heteroatoms. The van der Waals surface area contributed by atoms with Gasteiger partial charge in [0.25, 0.3) is 0 Å². The van der Waals surface area contributed by atoms with Crippen molar-refractivity contribution in [3.8, 4) is 22.9 Å². The van der Waals surface area contributed by atoms with Crippen LogP contribution in [0.1, 0.15) is 5.82 Å². The van der Waals surface area contributed by atoms with E-state index in [-0.39, 0.29) is 12.6 Å². The Bertz CT molecular complexity index is 700. The van der Waals surface area contributed by atoms with Crippen LogP contribution in [0.4, 0.5) is 13.2 Å². The Morgan fingerprint density at radius 2 is 2.04 bits per heavy atom. The summed E-state index contributed by atoms with van der Waals surface area (Å²) in [5, 5.41) is 3.94. The molecule has 23 heavy (non-hydrogen) atoms. The van der Waals surface area contributed by atoms with Gasteiger partial charge in [-0.15, -0.1) is 0 Å². The van der Waals surface area contributed by atoms with Gasteiger partial charge in [0, 0.05) is 19.1 Å². The zero-order chi connectivity index (χ0) is 16.4. The highest BCUT2D eigenvalue weighted by Gasteiger charge is 2.31. The third-order valence-corrected chi connectivity index (χ3v) is 3.21. The minimum atomic E-state index is -4.39. The van der Waals surface area contributed by atoms with Crippen LogP contribution in [0.15, 0.2) is 18.2 Å². The van der Waals surface area contributed by atoms with Crippen molar-refractivity contribution in [1.82, 2.24) is 14.8 Å². The predicted molar refractivity (Wildman–Crippen MR) is 73.2 cm³/mol. The largest absolute Gasteiger partial charge is 0.454 e. The third kappa shape index (κ3) is 3.55. The summed E-state index contributed by atoms with van der Waals surface area (Å²) in [6, 6.07) is 4.86. The van der Waals surface area contributed by atoms with E-state index < -0.39 is 12.7 Å². The van der Waals surface area contributed by atoms with Gasteiger partial charge < -0.3 is 14.2 Å². The van der Waals surface area contributed by atoms with Crippen molar-refractivity contribution in [1.29, 1.82) is 0 Å². The van der Waals surface area contributed by atoms with E-state index in [0.717, 1.165) is 4.68 Å². The summed E-state index contributed by atoms with van der Waals surface area (Å²) in [4.78, 5) is 4.20. The topological polar surface area (TPSA) is 58.4 Å². The first-order valence-corrected chi connectivity index (χ1v) is 6.86. The molecule has 0 unspecified atom stereocenters. The molecule has 3 rings (SSSR count). The number of methoxy groups -OCH3 is 1. The Balaban J connectivity index is 1.96. The van der Waals surface area contributed by atoms with Gasteiger partial charge in [-0.1, -0.05) is 0 Å². The van der Waals surface area contributed by atoms with E-state index in [1.165, 1.54) is 7.11 Å². The van der Waals surface area contributed by atoms with Crippen molar-refractivity contribution in [2.45, 2.75) is 19.1 Å². The second-order valence-corrected chi connectivity index (χ2v) is 4.94. The lowest BCUT2D eigenvalue weighted by molar-refractivity contribution is -0.142. The maximum atomic E-state index is 12.8. The van der Waals surface area contributed by atoms with Crippen LogP contribution in [0.5, 0.6) is 11.5 Å². The van der Waals surface area contributed by atoms with Crippen molar-refractivity contribution in [3.63, 3.8) is 0 Å². The molecule has 0 radical (unpaired) electrons. The second kappa shape index (κ2) is 6.07. The minimum Gasteiger partial charge on any atom is -0.454 e. The maximum absolute atomic E-state index is 12.8. The number of benzene rings is 1. The first-order valence-electron chi connectivity index (χ1n) is 6.86. The summed E-state index contributed by atoms with van der Waals surface area (Å²) < 4.78 is 54.5. The Labute approximate surface area is 129 Å². The van der Waals surface area contributed by atoms with Crippen LogP contribution in [0, 0.1) is 0 Å². The number of ether oxygens (including phenoxy) is 3. The summed E-state index contributed by atoms with van der Waals surface area (Å²) in [5.41, 5.74) is 0.481. The molecule has 1 aromatic carbocycles. The highest BCUT2D eigenvalue weighted by atomic mass is 19.4. The normalized spacial score (nSPS) is 13.6.